The van der Waals surface area contributed by atoms with Crippen LogP contribution >= 0.6 is 11.8 Å². The number of aryl methyl sites for hydroxylation is 1. The molecule has 2 fully saturated rings. The molecule has 2 saturated heterocycles. The maximum atomic E-state index is 13.0. The summed E-state index contributed by atoms with van der Waals surface area (Å²) >= 11 is 1.56. The molecule has 146 valence electrons. The van der Waals surface area contributed by atoms with Crippen molar-refractivity contribution in [2.75, 3.05) is 19.0 Å². The van der Waals surface area contributed by atoms with Crippen molar-refractivity contribution >= 4 is 23.5 Å². The SMILES string of the molecule is O=C(C[C@@H]1CCc2ccccc2C1)C1SCN[C@@H]1C(=O)N1CCC[C@H]1CO. The lowest BCUT2D eigenvalue weighted by atomic mass is 9.81. The van der Waals surface area contributed by atoms with Gasteiger partial charge in [-0.3, -0.25) is 14.9 Å². The van der Waals surface area contributed by atoms with Gasteiger partial charge in [0, 0.05) is 18.8 Å². The minimum absolute atomic E-state index is 0.00565. The van der Waals surface area contributed by atoms with Gasteiger partial charge in [-0.05, 0) is 49.1 Å². The van der Waals surface area contributed by atoms with E-state index in [-0.39, 0.29) is 29.6 Å². The number of thioether (sulfide) groups is 1. The van der Waals surface area contributed by atoms with E-state index in [0.717, 1.165) is 32.1 Å². The average molecular weight is 389 g/mol. The molecular formula is C21H28N2O3S. The fraction of sp³-hybridized carbons (Fsp3) is 0.619. The molecule has 4 rings (SSSR count). The molecule has 27 heavy (non-hydrogen) atoms. The van der Waals surface area contributed by atoms with Crippen molar-refractivity contribution in [2.24, 2.45) is 5.92 Å². The first kappa shape index (κ1) is 19.0. The van der Waals surface area contributed by atoms with Crippen molar-refractivity contribution in [1.82, 2.24) is 10.2 Å². The van der Waals surface area contributed by atoms with Gasteiger partial charge in [0.05, 0.1) is 17.9 Å². The number of Topliss-reactive ketones (excluding diaryl/α,β-unsaturated/α-hetero) is 1. The molecule has 0 aromatic heterocycles. The summed E-state index contributed by atoms with van der Waals surface area (Å²) in [5, 5.41) is 12.4. The Hall–Kier alpha value is -1.37. The monoisotopic (exact) mass is 388 g/mol. The van der Waals surface area contributed by atoms with Crippen LogP contribution in [0.3, 0.4) is 0 Å². The molecule has 3 aliphatic rings. The summed E-state index contributed by atoms with van der Waals surface area (Å²) in [6.07, 6.45) is 5.38. The predicted molar refractivity (Wildman–Crippen MR) is 107 cm³/mol. The highest BCUT2D eigenvalue weighted by atomic mass is 32.2. The highest BCUT2D eigenvalue weighted by molar-refractivity contribution is 8.00. The lowest BCUT2D eigenvalue weighted by Crippen LogP contribution is -2.52. The molecule has 5 nitrogen and oxygen atoms in total. The molecule has 4 atom stereocenters. The minimum Gasteiger partial charge on any atom is -0.394 e. The van der Waals surface area contributed by atoms with Gasteiger partial charge in [-0.1, -0.05) is 24.3 Å². The number of nitrogens with one attached hydrogen (secondary N) is 1. The van der Waals surface area contributed by atoms with Crippen molar-refractivity contribution in [3.63, 3.8) is 0 Å². The molecule has 0 radical (unpaired) electrons. The van der Waals surface area contributed by atoms with Gasteiger partial charge in [-0.15, -0.1) is 11.8 Å². The Morgan fingerprint density at radius 1 is 1.22 bits per heavy atom. The number of rotatable bonds is 5. The second-order valence-corrected chi connectivity index (χ2v) is 9.10. The van der Waals surface area contributed by atoms with Gasteiger partial charge >= 0.3 is 0 Å². The fourth-order valence-electron chi connectivity index (χ4n) is 4.77. The molecular weight excluding hydrogens is 360 g/mol. The summed E-state index contributed by atoms with van der Waals surface area (Å²) in [7, 11) is 0. The quantitative estimate of drug-likeness (QED) is 0.805. The zero-order valence-corrected chi connectivity index (χ0v) is 16.4. The van der Waals surface area contributed by atoms with Gasteiger partial charge in [0.2, 0.25) is 5.91 Å². The maximum Gasteiger partial charge on any atom is 0.241 e. The van der Waals surface area contributed by atoms with E-state index in [2.05, 4.69) is 29.6 Å². The summed E-state index contributed by atoms with van der Waals surface area (Å²) in [6.45, 7) is 0.693. The van der Waals surface area contributed by atoms with E-state index in [9.17, 15) is 14.7 Å². The van der Waals surface area contributed by atoms with Gasteiger partial charge in [-0.2, -0.15) is 0 Å². The third kappa shape index (κ3) is 3.93. The van der Waals surface area contributed by atoms with Crippen LogP contribution in [0.4, 0.5) is 0 Å². The molecule has 2 heterocycles. The van der Waals surface area contributed by atoms with Crippen LogP contribution in [0, 0.1) is 5.92 Å². The van der Waals surface area contributed by atoms with E-state index >= 15 is 0 Å². The number of hydrogen-bond donors (Lipinski definition) is 2. The highest BCUT2D eigenvalue weighted by Gasteiger charge is 2.42. The Kier molecular flexibility index (Phi) is 5.85. The number of carbonyl (C=O) groups is 2. The van der Waals surface area contributed by atoms with Gasteiger partial charge in [-0.25, -0.2) is 0 Å². The fourth-order valence-corrected chi connectivity index (χ4v) is 5.91. The Balaban J connectivity index is 1.39. The van der Waals surface area contributed by atoms with Crippen LogP contribution in [0.15, 0.2) is 24.3 Å². The number of aliphatic hydroxyl groups is 1. The van der Waals surface area contributed by atoms with Crippen molar-refractivity contribution in [3.05, 3.63) is 35.4 Å². The first-order valence-electron chi connectivity index (χ1n) is 10.0. The van der Waals surface area contributed by atoms with Crippen LogP contribution in [-0.4, -0.2) is 58.1 Å². The Morgan fingerprint density at radius 2 is 2.04 bits per heavy atom. The summed E-state index contributed by atoms with van der Waals surface area (Å²) < 4.78 is 0. The molecule has 1 unspecified atom stereocenters. The number of aliphatic hydroxyl groups excluding tert-OH is 1. The van der Waals surface area contributed by atoms with Gasteiger partial charge in [0.1, 0.15) is 11.8 Å². The topological polar surface area (TPSA) is 69.6 Å². The molecule has 0 saturated carbocycles. The van der Waals surface area contributed by atoms with E-state index in [0.29, 0.717) is 24.8 Å². The van der Waals surface area contributed by atoms with Crippen LogP contribution in [0.5, 0.6) is 0 Å². The summed E-state index contributed by atoms with van der Waals surface area (Å²) in [6, 6.07) is 7.99. The standard InChI is InChI=1S/C21H28N2O3S/c24-12-17-6-3-9-23(17)21(26)19-20(27-13-22-19)18(25)11-14-7-8-15-4-1-2-5-16(15)10-14/h1-2,4-5,14,17,19-20,22,24H,3,6-13H2/t14-,17+,19+,20?/m1/s1. The number of amides is 1. The molecule has 1 aromatic carbocycles. The number of carbonyl (C=O) groups excluding carboxylic acids is 2. The van der Waals surface area contributed by atoms with Crippen LogP contribution < -0.4 is 5.32 Å². The third-order valence-corrected chi connectivity index (χ3v) is 7.49. The van der Waals surface area contributed by atoms with Gasteiger partial charge in [0.25, 0.3) is 0 Å². The second kappa shape index (κ2) is 8.33. The number of fused-ring (bicyclic) bond motifs is 1. The van der Waals surface area contributed by atoms with Gasteiger partial charge < -0.3 is 10.0 Å². The molecule has 0 bridgehead atoms. The summed E-state index contributed by atoms with van der Waals surface area (Å²) in [5.74, 6) is 1.20. The third-order valence-electron chi connectivity index (χ3n) is 6.26. The van der Waals surface area contributed by atoms with Crippen molar-refractivity contribution in [3.8, 4) is 0 Å². The number of nitrogens with zero attached hydrogens (tertiary/aromatic N) is 1. The van der Waals surface area contributed by atoms with Crippen LogP contribution in [0.2, 0.25) is 0 Å². The number of benzene rings is 1. The van der Waals surface area contributed by atoms with E-state index < -0.39 is 6.04 Å². The molecule has 2 aliphatic heterocycles. The number of ketones is 1. The van der Waals surface area contributed by atoms with Crippen molar-refractivity contribution in [2.45, 2.75) is 55.9 Å². The van der Waals surface area contributed by atoms with E-state index in [1.54, 1.807) is 16.7 Å². The Morgan fingerprint density at radius 3 is 2.85 bits per heavy atom. The van der Waals surface area contributed by atoms with E-state index in [1.807, 2.05) is 0 Å². The zero-order valence-electron chi connectivity index (χ0n) is 15.6. The van der Waals surface area contributed by atoms with E-state index in [4.69, 9.17) is 0 Å². The number of hydrogen-bond acceptors (Lipinski definition) is 5. The van der Waals surface area contributed by atoms with Gasteiger partial charge in [0.15, 0.2) is 0 Å². The second-order valence-electron chi connectivity index (χ2n) is 7.97. The Labute approximate surface area is 164 Å². The van der Waals surface area contributed by atoms with Crippen LogP contribution in [0.25, 0.3) is 0 Å². The zero-order chi connectivity index (χ0) is 18.8. The highest BCUT2D eigenvalue weighted by Crippen LogP contribution is 2.32. The molecule has 1 aromatic rings. The largest absolute Gasteiger partial charge is 0.394 e. The molecule has 2 N–H and O–H groups in total. The van der Waals surface area contributed by atoms with Crippen LogP contribution in [-0.2, 0) is 22.4 Å². The number of likely N-dealkylation sites (tertiary alicyclic amines) is 1. The summed E-state index contributed by atoms with van der Waals surface area (Å²) in [4.78, 5) is 27.8. The smallest absolute Gasteiger partial charge is 0.241 e. The van der Waals surface area contributed by atoms with E-state index in [1.165, 1.54) is 11.1 Å². The first-order valence-corrected chi connectivity index (χ1v) is 11.1. The molecule has 0 spiro atoms. The first-order chi connectivity index (χ1) is 13.2. The molecule has 6 heteroatoms. The maximum absolute atomic E-state index is 13.0. The predicted octanol–water partition coefficient (Wildman–Crippen LogP) is 1.77. The Bertz CT molecular complexity index is 710. The molecule has 1 aliphatic carbocycles. The lowest BCUT2D eigenvalue weighted by molar-refractivity contribution is -0.136. The average Bonchev–Trinajstić information content (AvgIpc) is 3.36. The normalized spacial score (nSPS) is 30.3. The van der Waals surface area contributed by atoms with Crippen molar-refractivity contribution in [1.29, 1.82) is 0 Å². The van der Waals surface area contributed by atoms with Crippen LogP contribution in [0.1, 0.15) is 36.8 Å². The lowest BCUT2D eigenvalue weighted by Gasteiger charge is -2.29. The summed E-state index contributed by atoms with van der Waals surface area (Å²) in [5.41, 5.74) is 2.78. The molecule has 1 amide bonds. The minimum atomic E-state index is -0.439. The van der Waals surface area contributed by atoms with Crippen molar-refractivity contribution < 1.29 is 14.7 Å².